The highest BCUT2D eigenvalue weighted by atomic mass is 16.6. The van der Waals surface area contributed by atoms with Gasteiger partial charge in [-0.15, -0.1) is 0 Å². The SMILES string of the molecule is CO[C@H]1CC=Cc2nc(co2)-c2nc(co2)-c2nc(co2)[C@@H](OC)[C@H](C)C(=O)/C=C\C[C@H](O)CC(=O)O[C@H](C[C@H](OC)[C@H](C)CC[C@@H](O)[C@@H](C)[C@@H](OC(C)=O)[C@H](C)/C=C/N(C)C=O)[C@H]1C. The molecule has 0 saturated heterocycles. The summed E-state index contributed by atoms with van der Waals surface area (Å²) in [5.41, 5.74) is 0.991. The number of esters is 2. The van der Waals surface area contributed by atoms with Crippen LogP contribution in [-0.4, -0.2) is 119 Å². The van der Waals surface area contributed by atoms with Crippen LogP contribution < -0.4 is 0 Å². The molecule has 18 nitrogen and oxygen atoms in total. The molecule has 0 aliphatic carbocycles. The first kappa shape index (κ1) is 52.4. The van der Waals surface area contributed by atoms with Crippen LogP contribution in [0.1, 0.15) is 97.8 Å². The molecule has 3 aromatic rings. The lowest BCUT2D eigenvalue weighted by Crippen LogP contribution is -2.39. The molecule has 0 fully saturated rings. The number of hydrogen-bond acceptors (Lipinski definition) is 17. The van der Waals surface area contributed by atoms with Crippen molar-refractivity contribution in [3.05, 3.63) is 60.9 Å². The van der Waals surface area contributed by atoms with E-state index in [2.05, 4.69) is 15.0 Å². The minimum absolute atomic E-state index is 0.00353. The summed E-state index contributed by atoms with van der Waals surface area (Å²) >= 11 is 0. The van der Waals surface area contributed by atoms with Crippen LogP contribution in [-0.2, 0) is 42.9 Å². The van der Waals surface area contributed by atoms with E-state index in [9.17, 15) is 29.4 Å². The zero-order valence-corrected chi connectivity index (χ0v) is 39.0. The summed E-state index contributed by atoms with van der Waals surface area (Å²) in [4.78, 5) is 64.7. The molecule has 4 heterocycles. The molecule has 0 radical (unpaired) electrons. The van der Waals surface area contributed by atoms with Crippen molar-refractivity contribution < 1.29 is 66.3 Å². The van der Waals surface area contributed by atoms with E-state index in [1.807, 2.05) is 33.8 Å². The Balaban J connectivity index is 1.55. The monoisotopic (exact) mass is 910 g/mol. The highest BCUT2D eigenvalue weighted by Crippen LogP contribution is 2.32. The van der Waals surface area contributed by atoms with E-state index in [0.29, 0.717) is 42.8 Å². The number of ketones is 1. The van der Waals surface area contributed by atoms with E-state index in [4.69, 9.17) is 36.9 Å². The van der Waals surface area contributed by atoms with Gasteiger partial charge in [-0.25, -0.2) is 15.0 Å². The predicted molar refractivity (Wildman–Crippen MR) is 236 cm³/mol. The van der Waals surface area contributed by atoms with E-state index in [-0.39, 0.29) is 60.5 Å². The summed E-state index contributed by atoms with van der Waals surface area (Å²) < 4.78 is 46.4. The molecule has 4 rings (SSSR count). The lowest BCUT2D eigenvalue weighted by Gasteiger charge is -2.34. The number of fused-ring (bicyclic) bond motifs is 8. The van der Waals surface area contributed by atoms with Gasteiger partial charge in [-0.05, 0) is 43.8 Å². The zero-order valence-electron chi connectivity index (χ0n) is 39.0. The Morgan fingerprint density at radius 3 is 2.29 bits per heavy atom. The van der Waals surface area contributed by atoms with Crippen molar-refractivity contribution in [2.24, 2.45) is 29.6 Å². The fraction of sp³-hybridized carbons (Fsp3) is 0.596. The quantitative estimate of drug-likeness (QED) is 0.115. The minimum Gasteiger partial charge on any atom is -0.462 e. The maximum absolute atomic E-state index is 13.5. The van der Waals surface area contributed by atoms with E-state index in [1.165, 1.54) is 49.9 Å². The standard InChI is InChI=1S/C47H66N4O14/c1-27(17-18-38(56)29(3)44(64-32(6)53)28(2)19-20-51(7)26-52)40(59-9)22-41-31(5)39(58-8)15-12-16-42-48-35(24-61-42)46-50-36(25-63-46)47-49-34(23-62-47)45(60-10)30(4)37(55)14-11-13-33(54)21-43(57)65-41/h11-12,14,16,19-20,23-31,33,38-41,44-45,54,56H,13,15,17-18,21-22H2,1-10H3/b14-11-,16-12?,20-19+/t27-,28-,29-,30-,31+,33+,38-,39+,40+,41-,44+,45+/m1/s1. The van der Waals surface area contributed by atoms with Crippen molar-refractivity contribution in [2.45, 2.75) is 123 Å². The molecule has 3 aromatic heterocycles. The number of aliphatic hydroxyl groups is 2. The number of carbonyl (C=O) groups excluding carboxylic acids is 4. The van der Waals surface area contributed by atoms with Crippen LogP contribution in [0.25, 0.3) is 29.2 Å². The molecule has 12 atom stereocenters. The maximum Gasteiger partial charge on any atom is 0.308 e. The number of ether oxygens (including phenoxy) is 5. The van der Waals surface area contributed by atoms with Gasteiger partial charge in [-0.1, -0.05) is 52.8 Å². The molecule has 2 N–H and O–H groups in total. The molecule has 358 valence electrons. The van der Waals surface area contributed by atoms with Crippen LogP contribution in [0.15, 0.2) is 62.5 Å². The summed E-state index contributed by atoms with van der Waals surface area (Å²) in [7, 11) is 6.19. The highest BCUT2D eigenvalue weighted by Gasteiger charge is 2.35. The summed E-state index contributed by atoms with van der Waals surface area (Å²) in [6, 6.07) is 0. The summed E-state index contributed by atoms with van der Waals surface area (Å²) in [6.07, 6.45) is 10.6. The van der Waals surface area contributed by atoms with Crippen LogP contribution >= 0.6 is 0 Å². The van der Waals surface area contributed by atoms with Crippen LogP contribution in [0.2, 0.25) is 0 Å². The molecule has 0 aromatic carbocycles. The number of nitrogens with zero attached hydrogens (tertiary/aromatic N) is 4. The average Bonchev–Trinajstić information content (AvgIpc) is 4.08. The number of oxazole rings is 3. The summed E-state index contributed by atoms with van der Waals surface area (Å²) in [5, 5.41) is 22.3. The Hall–Kier alpha value is -5.27. The Labute approximate surface area is 380 Å². The molecule has 1 amide bonds. The van der Waals surface area contributed by atoms with Crippen molar-refractivity contribution in [3.8, 4) is 23.2 Å². The first-order valence-electron chi connectivity index (χ1n) is 21.9. The number of cyclic esters (lactones) is 1. The molecule has 18 heteroatoms. The van der Waals surface area contributed by atoms with E-state index < -0.39 is 66.5 Å². The third-order valence-electron chi connectivity index (χ3n) is 12.0. The third-order valence-corrected chi connectivity index (χ3v) is 12.0. The molecule has 0 spiro atoms. The number of aliphatic hydroxyl groups excluding tert-OH is 2. The largest absolute Gasteiger partial charge is 0.462 e. The van der Waals surface area contributed by atoms with Gasteiger partial charge in [0, 0.05) is 65.7 Å². The molecule has 1 aliphatic heterocycles. The number of methoxy groups -OCH3 is 3. The van der Waals surface area contributed by atoms with E-state index >= 15 is 0 Å². The predicted octanol–water partition coefficient (Wildman–Crippen LogP) is 6.54. The van der Waals surface area contributed by atoms with Gasteiger partial charge in [0.1, 0.15) is 42.8 Å². The van der Waals surface area contributed by atoms with Gasteiger partial charge in [0.2, 0.25) is 24.1 Å². The Morgan fingerprint density at radius 1 is 0.938 bits per heavy atom. The third kappa shape index (κ3) is 15.1. The molecule has 6 bridgehead atoms. The number of allylic oxidation sites excluding steroid dienone is 1. The maximum atomic E-state index is 13.5. The summed E-state index contributed by atoms with van der Waals surface area (Å²) in [6.45, 7) is 10.6. The van der Waals surface area contributed by atoms with Crippen molar-refractivity contribution in [1.29, 1.82) is 0 Å². The highest BCUT2D eigenvalue weighted by molar-refractivity contribution is 5.92. The smallest absolute Gasteiger partial charge is 0.308 e. The first-order valence-corrected chi connectivity index (χ1v) is 21.9. The van der Waals surface area contributed by atoms with Crippen LogP contribution in [0.3, 0.4) is 0 Å². The van der Waals surface area contributed by atoms with Crippen molar-refractivity contribution in [1.82, 2.24) is 19.9 Å². The van der Waals surface area contributed by atoms with Gasteiger partial charge < -0.3 is 52.0 Å². The van der Waals surface area contributed by atoms with Gasteiger partial charge in [0.15, 0.2) is 17.2 Å². The van der Waals surface area contributed by atoms with Crippen LogP contribution in [0.5, 0.6) is 0 Å². The van der Waals surface area contributed by atoms with E-state index in [1.54, 1.807) is 46.5 Å². The fourth-order valence-electron chi connectivity index (χ4n) is 7.83. The van der Waals surface area contributed by atoms with Gasteiger partial charge in [-0.2, -0.15) is 0 Å². The molecule has 0 unspecified atom stereocenters. The van der Waals surface area contributed by atoms with Crippen molar-refractivity contribution >= 4 is 30.2 Å². The fourth-order valence-corrected chi connectivity index (χ4v) is 7.83. The Bertz CT molecular complexity index is 2060. The van der Waals surface area contributed by atoms with Gasteiger partial charge in [0.25, 0.3) is 0 Å². The second kappa shape index (κ2) is 25.4. The van der Waals surface area contributed by atoms with Gasteiger partial charge in [0.05, 0.1) is 36.8 Å². The molecule has 0 saturated carbocycles. The first-order chi connectivity index (χ1) is 31.0. The van der Waals surface area contributed by atoms with Crippen LogP contribution in [0, 0.1) is 29.6 Å². The number of amides is 1. The van der Waals surface area contributed by atoms with Gasteiger partial charge in [-0.3, -0.25) is 19.2 Å². The molecule has 1 aliphatic rings. The molecular weight excluding hydrogens is 845 g/mol. The lowest BCUT2D eigenvalue weighted by atomic mass is 9.83. The van der Waals surface area contributed by atoms with Crippen LogP contribution in [0.4, 0.5) is 0 Å². The number of hydrogen-bond donors (Lipinski definition) is 2. The van der Waals surface area contributed by atoms with Gasteiger partial charge >= 0.3 is 11.9 Å². The minimum atomic E-state index is -1.15. The normalized spacial score (nSPS) is 24.7. The van der Waals surface area contributed by atoms with Crippen molar-refractivity contribution in [3.63, 3.8) is 0 Å². The van der Waals surface area contributed by atoms with Crippen molar-refractivity contribution in [2.75, 3.05) is 28.4 Å². The summed E-state index contributed by atoms with van der Waals surface area (Å²) in [5.74, 6) is -2.79. The number of rotatable bonds is 16. The topological polar surface area (TPSA) is 236 Å². The number of aromatic nitrogens is 3. The van der Waals surface area contributed by atoms with E-state index in [0.717, 1.165) is 0 Å². The molecule has 65 heavy (non-hydrogen) atoms. The number of carbonyl (C=O) groups is 4. The second-order valence-electron chi connectivity index (χ2n) is 16.9. The Kier molecular flexibility index (Phi) is 20.5. The molecular formula is C47H66N4O14. The lowest BCUT2D eigenvalue weighted by molar-refractivity contribution is -0.159. The zero-order chi connectivity index (χ0) is 47.8. The second-order valence-corrected chi connectivity index (χ2v) is 16.9. The average molecular weight is 911 g/mol. The Morgan fingerprint density at radius 2 is 1.62 bits per heavy atom.